The maximum absolute atomic E-state index is 11.1. The molecular weight excluding hydrogens is 214 g/mol. The number of nitrogens with two attached hydrogens (primary N) is 1. The zero-order valence-corrected chi connectivity index (χ0v) is 10.9. The Morgan fingerprint density at radius 2 is 2.06 bits per heavy atom. The van der Waals surface area contributed by atoms with Gasteiger partial charge in [-0.05, 0) is 26.7 Å². The van der Waals surface area contributed by atoms with Crippen molar-refractivity contribution in [3.63, 3.8) is 0 Å². The lowest BCUT2D eigenvalue weighted by molar-refractivity contribution is -0.120. The molecule has 1 rings (SSSR count). The lowest BCUT2D eigenvalue weighted by Gasteiger charge is -2.35. The van der Waals surface area contributed by atoms with Gasteiger partial charge in [0, 0.05) is 12.1 Å². The van der Waals surface area contributed by atoms with Crippen LogP contribution in [0.4, 0.5) is 0 Å². The van der Waals surface area contributed by atoms with Crippen LogP contribution in [0.15, 0.2) is 0 Å². The minimum atomic E-state index is -0.306. The summed E-state index contributed by atoms with van der Waals surface area (Å²) in [5.41, 5.74) is 5.30. The van der Waals surface area contributed by atoms with E-state index in [2.05, 4.69) is 24.8 Å². The number of nitriles is 1. The largest absolute Gasteiger partial charge is 0.369 e. The maximum atomic E-state index is 11.1. The van der Waals surface area contributed by atoms with Gasteiger partial charge in [0.15, 0.2) is 0 Å². The molecule has 0 aromatic carbocycles. The molecule has 1 saturated carbocycles. The summed E-state index contributed by atoms with van der Waals surface area (Å²) in [6.45, 7) is 4.38. The molecule has 1 fully saturated rings. The van der Waals surface area contributed by atoms with Crippen molar-refractivity contribution in [2.75, 3.05) is 6.54 Å². The average Bonchev–Trinajstić information content (AvgIpc) is 2.49. The lowest BCUT2D eigenvalue weighted by Crippen LogP contribution is -2.48. The molecule has 2 atom stereocenters. The summed E-state index contributed by atoms with van der Waals surface area (Å²) in [5, 5.41) is 9.26. The van der Waals surface area contributed by atoms with Crippen LogP contribution in [0.1, 0.15) is 46.0 Å². The Morgan fingerprint density at radius 1 is 1.41 bits per heavy atom. The van der Waals surface area contributed by atoms with Gasteiger partial charge >= 0.3 is 0 Å². The van der Waals surface area contributed by atoms with E-state index in [9.17, 15) is 10.1 Å². The number of carbonyl (C=O) groups is 1. The first-order valence-corrected chi connectivity index (χ1v) is 6.50. The Hall–Kier alpha value is -1.08. The molecule has 0 aromatic rings. The van der Waals surface area contributed by atoms with Crippen LogP contribution >= 0.6 is 0 Å². The van der Waals surface area contributed by atoms with Crippen LogP contribution < -0.4 is 5.73 Å². The van der Waals surface area contributed by atoms with Crippen molar-refractivity contribution < 1.29 is 4.79 Å². The van der Waals surface area contributed by atoms with E-state index in [-0.39, 0.29) is 30.5 Å². The zero-order valence-electron chi connectivity index (χ0n) is 10.9. The molecule has 2 N–H and O–H groups in total. The van der Waals surface area contributed by atoms with Gasteiger partial charge in [0.1, 0.15) is 0 Å². The molecule has 0 heterocycles. The summed E-state index contributed by atoms with van der Waals surface area (Å²) >= 11 is 0. The fourth-order valence-electron chi connectivity index (χ4n) is 2.70. The SMILES string of the molecule is CC(C)N(CC(N)=O)C1CCCCCC1C#N. The normalized spacial score (nSPS) is 25.6. The van der Waals surface area contributed by atoms with Gasteiger partial charge < -0.3 is 5.73 Å². The van der Waals surface area contributed by atoms with Crippen molar-refractivity contribution in [2.24, 2.45) is 11.7 Å². The summed E-state index contributed by atoms with van der Waals surface area (Å²) in [6.07, 6.45) is 5.41. The Morgan fingerprint density at radius 3 is 2.59 bits per heavy atom. The van der Waals surface area contributed by atoms with E-state index in [0.29, 0.717) is 0 Å². The van der Waals surface area contributed by atoms with Crippen molar-refractivity contribution in [3.05, 3.63) is 0 Å². The molecular formula is C13H23N3O. The van der Waals surface area contributed by atoms with Crippen molar-refractivity contribution in [3.8, 4) is 6.07 Å². The molecule has 96 valence electrons. The molecule has 0 bridgehead atoms. The molecule has 2 unspecified atom stereocenters. The van der Waals surface area contributed by atoms with E-state index < -0.39 is 0 Å². The Balaban J connectivity index is 2.81. The standard InChI is InChI=1S/C13H23N3O/c1-10(2)16(9-13(15)17)12-7-5-3-4-6-11(12)8-14/h10-12H,3-7,9H2,1-2H3,(H2,15,17). The first kappa shape index (κ1) is 14.0. The highest BCUT2D eigenvalue weighted by Crippen LogP contribution is 2.28. The predicted octanol–water partition coefficient (Wildman–Crippen LogP) is 1.65. The molecule has 1 amide bonds. The van der Waals surface area contributed by atoms with E-state index >= 15 is 0 Å². The fraction of sp³-hybridized carbons (Fsp3) is 0.846. The second-order valence-electron chi connectivity index (χ2n) is 5.17. The number of primary amides is 1. The van der Waals surface area contributed by atoms with Gasteiger partial charge in [-0.3, -0.25) is 9.69 Å². The van der Waals surface area contributed by atoms with E-state index in [1.54, 1.807) is 0 Å². The van der Waals surface area contributed by atoms with E-state index in [1.165, 1.54) is 6.42 Å². The third-order valence-electron chi connectivity index (χ3n) is 3.57. The highest BCUT2D eigenvalue weighted by atomic mass is 16.1. The summed E-state index contributed by atoms with van der Waals surface area (Å²) < 4.78 is 0. The minimum Gasteiger partial charge on any atom is -0.369 e. The monoisotopic (exact) mass is 237 g/mol. The Labute approximate surface area is 104 Å². The van der Waals surface area contributed by atoms with Crippen LogP contribution in [0.2, 0.25) is 0 Å². The van der Waals surface area contributed by atoms with Gasteiger partial charge in [-0.15, -0.1) is 0 Å². The summed E-state index contributed by atoms with van der Waals surface area (Å²) in [7, 11) is 0. The smallest absolute Gasteiger partial charge is 0.231 e. The quantitative estimate of drug-likeness (QED) is 0.756. The Kier molecular flexibility index (Phi) is 5.43. The molecule has 17 heavy (non-hydrogen) atoms. The molecule has 0 saturated heterocycles. The summed E-state index contributed by atoms with van der Waals surface area (Å²) in [6, 6.07) is 2.85. The van der Waals surface area contributed by atoms with Crippen molar-refractivity contribution in [1.29, 1.82) is 5.26 Å². The molecule has 4 heteroatoms. The first-order chi connectivity index (χ1) is 8.06. The molecule has 0 aliphatic heterocycles. The van der Waals surface area contributed by atoms with Gasteiger partial charge in [-0.25, -0.2) is 0 Å². The van der Waals surface area contributed by atoms with Crippen LogP contribution in [0.5, 0.6) is 0 Å². The van der Waals surface area contributed by atoms with E-state index in [0.717, 1.165) is 25.7 Å². The Bertz CT molecular complexity index is 296. The third kappa shape index (κ3) is 4.01. The second kappa shape index (κ2) is 6.61. The highest BCUT2D eigenvalue weighted by molar-refractivity contribution is 5.76. The van der Waals surface area contributed by atoms with Gasteiger partial charge in [0.25, 0.3) is 0 Å². The number of nitrogens with zero attached hydrogens (tertiary/aromatic N) is 2. The molecule has 1 aliphatic rings. The minimum absolute atomic E-state index is 0.0410. The fourth-order valence-corrected chi connectivity index (χ4v) is 2.70. The molecule has 0 spiro atoms. The number of carbonyl (C=O) groups excluding carboxylic acids is 1. The topological polar surface area (TPSA) is 70.1 Å². The molecule has 1 aliphatic carbocycles. The molecule has 4 nitrogen and oxygen atoms in total. The maximum Gasteiger partial charge on any atom is 0.231 e. The second-order valence-corrected chi connectivity index (χ2v) is 5.17. The molecule has 0 radical (unpaired) electrons. The zero-order chi connectivity index (χ0) is 12.8. The van der Waals surface area contributed by atoms with Gasteiger partial charge in [0.2, 0.25) is 5.91 Å². The number of hydrogen-bond acceptors (Lipinski definition) is 3. The van der Waals surface area contributed by atoms with Gasteiger partial charge in [0.05, 0.1) is 18.5 Å². The summed E-state index contributed by atoms with van der Waals surface area (Å²) in [4.78, 5) is 13.2. The molecule has 0 aromatic heterocycles. The summed E-state index contributed by atoms with van der Waals surface area (Å²) in [5.74, 6) is -0.265. The van der Waals surface area contributed by atoms with Crippen molar-refractivity contribution in [1.82, 2.24) is 4.90 Å². The predicted molar refractivity (Wildman–Crippen MR) is 67.0 cm³/mol. The number of hydrogen-bond donors (Lipinski definition) is 1. The van der Waals surface area contributed by atoms with E-state index in [4.69, 9.17) is 5.73 Å². The average molecular weight is 237 g/mol. The van der Waals surface area contributed by atoms with Crippen LogP contribution in [0.25, 0.3) is 0 Å². The number of amides is 1. The van der Waals surface area contributed by atoms with Crippen LogP contribution in [0.3, 0.4) is 0 Å². The van der Waals surface area contributed by atoms with Gasteiger partial charge in [-0.1, -0.05) is 19.3 Å². The van der Waals surface area contributed by atoms with E-state index in [1.807, 2.05) is 0 Å². The third-order valence-corrected chi connectivity index (χ3v) is 3.57. The lowest BCUT2D eigenvalue weighted by atomic mass is 9.93. The first-order valence-electron chi connectivity index (χ1n) is 6.50. The number of rotatable bonds is 4. The van der Waals surface area contributed by atoms with Crippen LogP contribution in [-0.4, -0.2) is 29.4 Å². The van der Waals surface area contributed by atoms with Crippen LogP contribution in [-0.2, 0) is 4.79 Å². The van der Waals surface area contributed by atoms with Crippen molar-refractivity contribution in [2.45, 2.75) is 58.0 Å². The van der Waals surface area contributed by atoms with Crippen molar-refractivity contribution >= 4 is 5.91 Å². The van der Waals surface area contributed by atoms with Crippen LogP contribution in [0, 0.1) is 17.2 Å². The highest BCUT2D eigenvalue weighted by Gasteiger charge is 2.31. The van der Waals surface area contributed by atoms with Gasteiger partial charge in [-0.2, -0.15) is 5.26 Å².